The van der Waals surface area contributed by atoms with Crippen LogP contribution in [0.4, 0.5) is 4.39 Å². The normalized spacial score (nSPS) is 11.8. The first kappa shape index (κ1) is 9.89. The number of hydrogen-bond donors (Lipinski definition) is 1. The number of nitrogens with zero attached hydrogens (tertiary/aromatic N) is 1. The molecule has 0 radical (unpaired) electrons. The Morgan fingerprint density at radius 2 is 2.08 bits per heavy atom. The Bertz CT molecular complexity index is 336. The smallest absolute Gasteiger partial charge is 0.194 e. The second-order valence-electron chi connectivity index (χ2n) is 3.59. The van der Waals surface area contributed by atoms with Crippen LogP contribution in [-0.4, -0.2) is 15.8 Å². The Morgan fingerprint density at radius 1 is 1.54 bits per heavy atom. The molecule has 3 nitrogen and oxygen atoms in total. The number of aryl methyl sites for hydroxylation is 1. The SMILES string of the molecule is CC(=O)c1nc(C(C)(C)F)c(C)[nH]1. The van der Waals surface area contributed by atoms with Crippen molar-refractivity contribution >= 4 is 5.78 Å². The molecule has 1 aromatic heterocycles. The molecule has 72 valence electrons. The van der Waals surface area contributed by atoms with E-state index in [0.29, 0.717) is 11.4 Å². The van der Waals surface area contributed by atoms with E-state index >= 15 is 0 Å². The van der Waals surface area contributed by atoms with Crippen LogP contribution in [0, 0.1) is 6.92 Å². The van der Waals surface area contributed by atoms with E-state index in [9.17, 15) is 9.18 Å². The van der Waals surface area contributed by atoms with E-state index < -0.39 is 5.67 Å². The zero-order valence-corrected chi connectivity index (χ0v) is 8.23. The molecule has 0 fully saturated rings. The number of H-pyrrole nitrogens is 1. The maximum Gasteiger partial charge on any atom is 0.194 e. The Labute approximate surface area is 76.4 Å². The van der Waals surface area contributed by atoms with Gasteiger partial charge in [-0.05, 0) is 20.8 Å². The topological polar surface area (TPSA) is 45.8 Å². The third-order valence-corrected chi connectivity index (χ3v) is 1.78. The molecule has 0 atom stereocenters. The summed E-state index contributed by atoms with van der Waals surface area (Å²) in [6.07, 6.45) is 0. The van der Waals surface area contributed by atoms with E-state index in [1.165, 1.54) is 20.8 Å². The van der Waals surface area contributed by atoms with Gasteiger partial charge >= 0.3 is 0 Å². The number of imidazole rings is 1. The molecule has 0 spiro atoms. The molecule has 1 heterocycles. The number of carbonyl (C=O) groups is 1. The molecule has 1 rings (SSSR count). The van der Waals surface area contributed by atoms with Crippen LogP contribution < -0.4 is 0 Å². The van der Waals surface area contributed by atoms with Gasteiger partial charge in [0.2, 0.25) is 0 Å². The highest BCUT2D eigenvalue weighted by molar-refractivity contribution is 5.90. The van der Waals surface area contributed by atoms with Crippen LogP contribution in [-0.2, 0) is 5.67 Å². The molecule has 0 unspecified atom stereocenters. The van der Waals surface area contributed by atoms with Crippen molar-refractivity contribution in [2.75, 3.05) is 0 Å². The standard InChI is InChI=1S/C9H13FN2O/c1-5-7(9(3,4)10)12-8(11-5)6(2)13/h1-4H3,(H,11,12). The quantitative estimate of drug-likeness (QED) is 0.715. The van der Waals surface area contributed by atoms with Gasteiger partial charge in [0.25, 0.3) is 0 Å². The van der Waals surface area contributed by atoms with Gasteiger partial charge in [-0.1, -0.05) is 0 Å². The van der Waals surface area contributed by atoms with Crippen LogP contribution in [0.1, 0.15) is 42.8 Å². The van der Waals surface area contributed by atoms with Crippen LogP contribution in [0.3, 0.4) is 0 Å². The van der Waals surface area contributed by atoms with Crippen LogP contribution in [0.25, 0.3) is 0 Å². The van der Waals surface area contributed by atoms with Crippen LogP contribution >= 0.6 is 0 Å². The summed E-state index contributed by atoms with van der Waals surface area (Å²) in [4.78, 5) is 17.6. The van der Waals surface area contributed by atoms with Crippen LogP contribution in [0.5, 0.6) is 0 Å². The van der Waals surface area contributed by atoms with Crippen molar-refractivity contribution in [3.8, 4) is 0 Å². The van der Waals surface area contributed by atoms with Crippen LogP contribution in [0.15, 0.2) is 0 Å². The second kappa shape index (κ2) is 2.94. The third-order valence-electron chi connectivity index (χ3n) is 1.78. The molecule has 0 amide bonds. The molecular weight excluding hydrogens is 171 g/mol. The van der Waals surface area contributed by atoms with Crippen molar-refractivity contribution in [2.45, 2.75) is 33.4 Å². The van der Waals surface area contributed by atoms with Gasteiger partial charge < -0.3 is 4.98 Å². The first-order valence-corrected chi connectivity index (χ1v) is 4.09. The number of aromatic amines is 1. The summed E-state index contributed by atoms with van der Waals surface area (Å²) in [6.45, 7) is 5.93. The Hall–Kier alpha value is -1.19. The molecule has 1 N–H and O–H groups in total. The van der Waals surface area contributed by atoms with Crippen molar-refractivity contribution < 1.29 is 9.18 Å². The number of hydrogen-bond acceptors (Lipinski definition) is 2. The fourth-order valence-corrected chi connectivity index (χ4v) is 1.21. The minimum Gasteiger partial charge on any atom is -0.339 e. The number of ketones is 1. The highest BCUT2D eigenvalue weighted by atomic mass is 19.1. The number of halogens is 1. The molecule has 4 heteroatoms. The summed E-state index contributed by atoms with van der Waals surface area (Å²) in [5, 5.41) is 0. The lowest BCUT2D eigenvalue weighted by atomic mass is 10.1. The fraction of sp³-hybridized carbons (Fsp3) is 0.556. The maximum atomic E-state index is 13.5. The number of nitrogens with one attached hydrogen (secondary N) is 1. The summed E-state index contributed by atoms with van der Waals surface area (Å²) in [6, 6.07) is 0. The lowest BCUT2D eigenvalue weighted by molar-refractivity contribution is 0.100. The van der Waals surface area contributed by atoms with Crippen molar-refractivity contribution in [1.29, 1.82) is 0 Å². The number of alkyl halides is 1. The largest absolute Gasteiger partial charge is 0.339 e. The zero-order chi connectivity index (χ0) is 10.2. The fourth-order valence-electron chi connectivity index (χ4n) is 1.21. The van der Waals surface area contributed by atoms with Gasteiger partial charge in [-0.2, -0.15) is 0 Å². The number of carbonyl (C=O) groups excluding carboxylic acids is 1. The van der Waals surface area contributed by atoms with E-state index in [1.54, 1.807) is 6.92 Å². The number of Topliss-reactive ketones (excluding diaryl/α,β-unsaturated/α-hetero) is 1. The Morgan fingerprint density at radius 3 is 2.31 bits per heavy atom. The Kier molecular flexibility index (Phi) is 2.24. The van der Waals surface area contributed by atoms with Crippen molar-refractivity contribution in [3.05, 3.63) is 17.2 Å². The molecule has 0 saturated heterocycles. The molecule has 0 bridgehead atoms. The zero-order valence-electron chi connectivity index (χ0n) is 8.23. The van der Waals surface area contributed by atoms with E-state index in [0.717, 1.165) is 0 Å². The average molecular weight is 184 g/mol. The highest BCUT2D eigenvalue weighted by Crippen LogP contribution is 2.25. The maximum absolute atomic E-state index is 13.5. The van der Waals surface area contributed by atoms with E-state index in [2.05, 4.69) is 9.97 Å². The van der Waals surface area contributed by atoms with Crippen molar-refractivity contribution in [2.24, 2.45) is 0 Å². The first-order valence-electron chi connectivity index (χ1n) is 4.09. The Balaban J connectivity index is 3.18. The monoisotopic (exact) mass is 184 g/mol. The lowest BCUT2D eigenvalue weighted by Gasteiger charge is -2.11. The van der Waals surface area contributed by atoms with E-state index in [4.69, 9.17) is 0 Å². The summed E-state index contributed by atoms with van der Waals surface area (Å²) in [5.74, 6) is 0.0387. The molecular formula is C9H13FN2O. The summed E-state index contributed by atoms with van der Waals surface area (Å²) in [7, 11) is 0. The summed E-state index contributed by atoms with van der Waals surface area (Å²) in [5.41, 5.74) is -0.593. The van der Waals surface area contributed by atoms with Gasteiger partial charge in [-0.3, -0.25) is 4.79 Å². The van der Waals surface area contributed by atoms with E-state index in [1.807, 2.05) is 0 Å². The predicted octanol–water partition coefficient (Wildman–Crippen LogP) is 2.13. The minimum atomic E-state index is -1.51. The van der Waals surface area contributed by atoms with Crippen LogP contribution in [0.2, 0.25) is 0 Å². The van der Waals surface area contributed by atoms with E-state index in [-0.39, 0.29) is 11.6 Å². The molecule has 0 aliphatic carbocycles. The third kappa shape index (κ3) is 1.94. The van der Waals surface area contributed by atoms with Gasteiger partial charge in [-0.25, -0.2) is 9.37 Å². The van der Waals surface area contributed by atoms with Gasteiger partial charge in [0, 0.05) is 12.6 Å². The van der Waals surface area contributed by atoms with Crippen molar-refractivity contribution in [1.82, 2.24) is 9.97 Å². The van der Waals surface area contributed by atoms with Gasteiger partial charge in [0.15, 0.2) is 11.6 Å². The molecule has 13 heavy (non-hydrogen) atoms. The van der Waals surface area contributed by atoms with Gasteiger partial charge in [-0.15, -0.1) is 0 Å². The second-order valence-corrected chi connectivity index (χ2v) is 3.59. The number of rotatable bonds is 2. The average Bonchev–Trinajstić information content (AvgIpc) is 2.29. The first-order chi connectivity index (χ1) is 5.82. The summed E-state index contributed by atoms with van der Waals surface area (Å²) < 4.78 is 13.5. The summed E-state index contributed by atoms with van der Waals surface area (Å²) >= 11 is 0. The lowest BCUT2D eigenvalue weighted by Crippen LogP contribution is -2.11. The molecule has 0 aliphatic heterocycles. The molecule has 0 aliphatic rings. The van der Waals surface area contributed by atoms with Gasteiger partial charge in [0.05, 0.1) is 5.69 Å². The number of aromatic nitrogens is 2. The molecule has 1 aromatic rings. The van der Waals surface area contributed by atoms with Crippen molar-refractivity contribution in [3.63, 3.8) is 0 Å². The molecule has 0 saturated carbocycles. The highest BCUT2D eigenvalue weighted by Gasteiger charge is 2.25. The van der Waals surface area contributed by atoms with Gasteiger partial charge in [0.1, 0.15) is 5.67 Å². The molecule has 0 aromatic carbocycles. The predicted molar refractivity (Wildman–Crippen MR) is 47.5 cm³/mol. The minimum absolute atomic E-state index is 0.182.